The van der Waals surface area contributed by atoms with Crippen LogP contribution in [0.15, 0.2) is 35.7 Å². The first-order chi connectivity index (χ1) is 13.4. The Morgan fingerprint density at radius 2 is 2.18 bits per heavy atom. The fourth-order valence-electron chi connectivity index (χ4n) is 4.43. The Morgan fingerprint density at radius 1 is 1.36 bits per heavy atom. The first-order valence-electron chi connectivity index (χ1n) is 9.28. The third kappa shape index (κ3) is 3.29. The second kappa shape index (κ2) is 7.02. The van der Waals surface area contributed by atoms with Crippen LogP contribution >= 0.6 is 0 Å². The highest BCUT2D eigenvalue weighted by Crippen LogP contribution is 2.48. The maximum absolute atomic E-state index is 12.9. The van der Waals surface area contributed by atoms with E-state index in [0.717, 1.165) is 35.8 Å². The van der Waals surface area contributed by atoms with Gasteiger partial charge in [-0.3, -0.25) is 0 Å². The molecule has 0 saturated heterocycles. The number of carbonyl (C=O) groups excluding carboxylic acids is 1. The Labute approximate surface area is 163 Å². The standard InChI is InChI=1S/C19H21N5O3S/c1-23(11-15-4-2-3-14(7-15)10-20)19(25)24-12-21-18(22-24)28(26,27)17-9-13-5-6-16(17)8-13/h2-4,7,12-13,16-17H,5-6,8-9,11H2,1H3/t13-,16+,17+/m0/s1. The molecule has 2 aliphatic rings. The molecule has 1 aromatic carbocycles. The summed E-state index contributed by atoms with van der Waals surface area (Å²) in [5, 5.41) is 12.3. The van der Waals surface area contributed by atoms with Crippen molar-refractivity contribution in [2.45, 2.75) is 42.6 Å². The number of benzene rings is 1. The zero-order valence-electron chi connectivity index (χ0n) is 15.5. The van der Waals surface area contributed by atoms with E-state index in [-0.39, 0.29) is 17.6 Å². The van der Waals surface area contributed by atoms with Crippen LogP contribution in [0.2, 0.25) is 0 Å². The molecule has 0 spiro atoms. The van der Waals surface area contributed by atoms with Gasteiger partial charge in [0, 0.05) is 13.6 Å². The van der Waals surface area contributed by atoms with Crippen LogP contribution in [0.3, 0.4) is 0 Å². The summed E-state index contributed by atoms with van der Waals surface area (Å²) in [7, 11) is -2.04. The van der Waals surface area contributed by atoms with E-state index in [0.29, 0.717) is 17.9 Å². The van der Waals surface area contributed by atoms with Crippen molar-refractivity contribution >= 4 is 15.9 Å². The monoisotopic (exact) mass is 399 g/mol. The minimum atomic E-state index is -3.63. The largest absolute Gasteiger partial charge is 0.346 e. The van der Waals surface area contributed by atoms with Gasteiger partial charge in [-0.1, -0.05) is 18.6 Å². The Morgan fingerprint density at radius 3 is 2.86 bits per heavy atom. The topological polar surface area (TPSA) is 109 Å². The van der Waals surface area contributed by atoms with Gasteiger partial charge in [-0.05, 0) is 48.8 Å². The lowest BCUT2D eigenvalue weighted by molar-refractivity contribution is 0.205. The van der Waals surface area contributed by atoms with Crippen molar-refractivity contribution in [3.8, 4) is 6.07 Å². The number of fused-ring (bicyclic) bond motifs is 2. The van der Waals surface area contributed by atoms with Crippen LogP contribution in [-0.2, 0) is 16.4 Å². The molecule has 0 N–H and O–H groups in total. The fraction of sp³-hybridized carbons (Fsp3) is 0.474. The number of hydrogen-bond donors (Lipinski definition) is 0. The molecule has 1 amide bonds. The number of amides is 1. The highest BCUT2D eigenvalue weighted by molar-refractivity contribution is 7.91. The molecule has 9 heteroatoms. The SMILES string of the molecule is CN(Cc1cccc(C#N)c1)C(=O)n1cnc(S(=O)(=O)[C@@H]2C[C@H]3CC[C@@H]2C3)n1. The van der Waals surface area contributed by atoms with Crippen molar-refractivity contribution in [3.05, 3.63) is 41.7 Å². The van der Waals surface area contributed by atoms with Crippen molar-refractivity contribution in [3.63, 3.8) is 0 Å². The van der Waals surface area contributed by atoms with Crippen LogP contribution < -0.4 is 0 Å². The summed E-state index contributed by atoms with van der Waals surface area (Å²) in [6.07, 6.45) is 4.84. The third-order valence-electron chi connectivity index (χ3n) is 5.80. The van der Waals surface area contributed by atoms with E-state index in [1.807, 2.05) is 6.07 Å². The minimum Gasteiger partial charge on any atom is -0.322 e. The van der Waals surface area contributed by atoms with Gasteiger partial charge in [-0.15, -0.1) is 5.10 Å². The van der Waals surface area contributed by atoms with E-state index in [1.54, 1.807) is 25.2 Å². The molecular weight excluding hydrogens is 378 g/mol. The van der Waals surface area contributed by atoms with Crippen LogP contribution in [0.1, 0.15) is 36.8 Å². The second-order valence-corrected chi connectivity index (χ2v) is 9.74. The molecule has 2 aliphatic carbocycles. The number of rotatable bonds is 4. The summed E-state index contributed by atoms with van der Waals surface area (Å²) in [6, 6.07) is 8.54. The molecule has 2 saturated carbocycles. The van der Waals surface area contributed by atoms with Crippen LogP contribution in [0.4, 0.5) is 4.79 Å². The van der Waals surface area contributed by atoms with Gasteiger partial charge in [0.25, 0.3) is 5.16 Å². The number of nitriles is 1. The van der Waals surface area contributed by atoms with E-state index in [9.17, 15) is 13.2 Å². The number of hydrogen-bond acceptors (Lipinski definition) is 6. The van der Waals surface area contributed by atoms with Crippen molar-refractivity contribution in [1.82, 2.24) is 19.7 Å². The summed E-state index contributed by atoms with van der Waals surface area (Å²) in [5.41, 5.74) is 1.31. The van der Waals surface area contributed by atoms with Gasteiger partial charge in [0.05, 0.1) is 16.9 Å². The van der Waals surface area contributed by atoms with Crippen LogP contribution in [0.25, 0.3) is 0 Å². The maximum Gasteiger partial charge on any atom is 0.346 e. The van der Waals surface area contributed by atoms with Crippen LogP contribution in [0.5, 0.6) is 0 Å². The predicted octanol–water partition coefficient (Wildman–Crippen LogP) is 2.21. The number of carbonyl (C=O) groups is 1. The number of sulfone groups is 1. The fourth-order valence-corrected chi connectivity index (χ4v) is 6.37. The molecule has 28 heavy (non-hydrogen) atoms. The first kappa shape index (κ1) is 18.6. The van der Waals surface area contributed by atoms with Crippen LogP contribution in [0, 0.1) is 23.2 Å². The molecule has 8 nitrogen and oxygen atoms in total. The molecule has 1 heterocycles. The summed E-state index contributed by atoms with van der Waals surface area (Å²) in [4.78, 5) is 17.9. The van der Waals surface area contributed by atoms with E-state index in [4.69, 9.17) is 5.26 Å². The molecule has 1 aromatic heterocycles. The van der Waals surface area contributed by atoms with Crippen molar-refractivity contribution in [2.24, 2.45) is 11.8 Å². The van der Waals surface area contributed by atoms with Gasteiger partial charge in [0.1, 0.15) is 6.33 Å². The molecule has 2 bridgehead atoms. The number of nitrogens with zero attached hydrogens (tertiary/aromatic N) is 5. The Kier molecular flexibility index (Phi) is 4.67. The van der Waals surface area contributed by atoms with Gasteiger partial charge in [-0.25, -0.2) is 18.2 Å². The first-order valence-corrected chi connectivity index (χ1v) is 10.8. The van der Waals surface area contributed by atoms with Crippen LogP contribution in [-0.4, -0.2) is 46.4 Å². The zero-order chi connectivity index (χ0) is 19.9. The predicted molar refractivity (Wildman–Crippen MR) is 99.9 cm³/mol. The number of aromatic nitrogens is 3. The van der Waals surface area contributed by atoms with E-state index < -0.39 is 21.1 Å². The third-order valence-corrected chi connectivity index (χ3v) is 7.87. The lowest BCUT2D eigenvalue weighted by atomic mass is 10.0. The second-order valence-electron chi connectivity index (χ2n) is 7.68. The van der Waals surface area contributed by atoms with Crippen molar-refractivity contribution < 1.29 is 13.2 Å². The molecule has 0 radical (unpaired) electrons. The van der Waals surface area contributed by atoms with Gasteiger partial charge in [0.15, 0.2) is 0 Å². The summed E-state index contributed by atoms with van der Waals surface area (Å²) in [6.45, 7) is 0.267. The highest BCUT2D eigenvalue weighted by Gasteiger charge is 2.47. The molecule has 146 valence electrons. The molecule has 3 atom stereocenters. The lowest BCUT2D eigenvalue weighted by Gasteiger charge is -2.20. The maximum atomic E-state index is 12.9. The van der Waals surface area contributed by atoms with Crippen molar-refractivity contribution in [2.75, 3.05) is 7.05 Å². The average Bonchev–Trinajstić information content (AvgIpc) is 3.44. The zero-order valence-corrected chi connectivity index (χ0v) is 16.3. The van der Waals surface area contributed by atoms with Gasteiger partial charge in [0.2, 0.25) is 9.84 Å². The normalized spacial score (nSPS) is 23.5. The molecular formula is C19H21N5O3S. The summed E-state index contributed by atoms with van der Waals surface area (Å²) >= 11 is 0. The van der Waals surface area contributed by atoms with E-state index >= 15 is 0 Å². The van der Waals surface area contributed by atoms with Crippen molar-refractivity contribution in [1.29, 1.82) is 5.26 Å². The average molecular weight is 399 g/mol. The molecule has 4 rings (SSSR count). The Balaban J connectivity index is 1.49. The van der Waals surface area contributed by atoms with Gasteiger partial charge < -0.3 is 4.90 Å². The van der Waals surface area contributed by atoms with E-state index in [2.05, 4.69) is 16.2 Å². The lowest BCUT2D eigenvalue weighted by Crippen LogP contribution is -2.32. The Hall–Kier alpha value is -2.73. The smallest absolute Gasteiger partial charge is 0.322 e. The molecule has 0 unspecified atom stereocenters. The quantitative estimate of drug-likeness (QED) is 0.780. The van der Waals surface area contributed by atoms with Gasteiger partial charge in [-0.2, -0.15) is 9.94 Å². The highest BCUT2D eigenvalue weighted by atomic mass is 32.2. The molecule has 2 fully saturated rings. The summed E-state index contributed by atoms with van der Waals surface area (Å²) < 4.78 is 26.8. The minimum absolute atomic E-state index is 0.188. The molecule has 2 aromatic rings. The summed E-state index contributed by atoms with van der Waals surface area (Å²) in [5.74, 6) is 0.677. The Bertz CT molecular complexity index is 1060. The molecule has 0 aliphatic heterocycles. The van der Waals surface area contributed by atoms with Gasteiger partial charge >= 0.3 is 6.03 Å². The van der Waals surface area contributed by atoms with E-state index in [1.165, 1.54) is 4.90 Å².